The number of furan rings is 1. The highest BCUT2D eigenvalue weighted by Gasteiger charge is 2.22. The maximum Gasteiger partial charge on any atom is 0.212 e. The highest BCUT2D eigenvalue weighted by Crippen LogP contribution is 2.43. The molecule has 3 nitrogen and oxygen atoms in total. The Labute approximate surface area is 199 Å². The topological polar surface area (TPSA) is 29.9 Å². The van der Waals surface area contributed by atoms with Crippen molar-refractivity contribution >= 4 is 21.9 Å². The molecule has 34 heavy (non-hydrogen) atoms. The van der Waals surface area contributed by atoms with E-state index in [1.54, 1.807) is 0 Å². The lowest BCUT2D eigenvalue weighted by Gasteiger charge is -2.14. The number of pyridine rings is 2. The van der Waals surface area contributed by atoms with Gasteiger partial charge in [-0.1, -0.05) is 48.5 Å². The van der Waals surface area contributed by atoms with Crippen LogP contribution in [-0.4, -0.2) is 4.98 Å². The Morgan fingerprint density at radius 2 is 1.44 bits per heavy atom. The van der Waals surface area contributed by atoms with Gasteiger partial charge in [-0.15, -0.1) is 0 Å². The van der Waals surface area contributed by atoms with Gasteiger partial charge in [-0.25, -0.2) is 4.57 Å². The second-order valence-corrected chi connectivity index (χ2v) is 8.80. The molecule has 0 amide bonds. The van der Waals surface area contributed by atoms with Crippen LogP contribution < -0.4 is 4.57 Å². The van der Waals surface area contributed by atoms with E-state index in [0.717, 1.165) is 55.7 Å². The fraction of sp³-hybridized carbons (Fsp3) is 0.0968. The highest BCUT2D eigenvalue weighted by atomic mass is 16.3. The van der Waals surface area contributed by atoms with Crippen LogP contribution in [0.1, 0.15) is 11.3 Å². The molecule has 3 heterocycles. The van der Waals surface area contributed by atoms with Crippen molar-refractivity contribution in [1.29, 1.82) is 0 Å². The number of para-hydroxylation sites is 1. The number of aryl methyl sites for hydroxylation is 3. The summed E-state index contributed by atoms with van der Waals surface area (Å²) < 4.78 is 8.65. The van der Waals surface area contributed by atoms with Crippen molar-refractivity contribution in [2.75, 3.05) is 0 Å². The molecule has 0 aliphatic carbocycles. The molecular weight excluding hydrogens is 416 g/mol. The molecular formula is C31H25N2O+. The summed E-state index contributed by atoms with van der Waals surface area (Å²) in [6, 6.07) is 31.8. The molecule has 3 aromatic carbocycles. The molecule has 164 valence electrons. The molecule has 0 aliphatic heterocycles. The molecule has 6 aromatic rings. The van der Waals surface area contributed by atoms with Crippen molar-refractivity contribution in [3.8, 4) is 33.6 Å². The third-order valence-corrected chi connectivity index (χ3v) is 6.70. The van der Waals surface area contributed by atoms with Crippen molar-refractivity contribution in [3.05, 3.63) is 108 Å². The molecule has 6 rings (SSSR count). The molecule has 0 radical (unpaired) electrons. The fourth-order valence-corrected chi connectivity index (χ4v) is 4.78. The van der Waals surface area contributed by atoms with Crippen LogP contribution >= 0.6 is 0 Å². The average molecular weight is 442 g/mol. The van der Waals surface area contributed by atoms with Gasteiger partial charge < -0.3 is 4.42 Å². The Morgan fingerprint density at radius 1 is 0.676 bits per heavy atom. The van der Waals surface area contributed by atoms with Gasteiger partial charge in [0.25, 0.3) is 0 Å². The Kier molecular flexibility index (Phi) is 4.77. The maximum absolute atomic E-state index is 6.49. The monoisotopic (exact) mass is 441 g/mol. The molecule has 0 saturated carbocycles. The van der Waals surface area contributed by atoms with Crippen molar-refractivity contribution in [1.82, 2.24) is 4.98 Å². The first-order chi connectivity index (χ1) is 16.6. The maximum atomic E-state index is 6.49. The third kappa shape index (κ3) is 3.20. The van der Waals surface area contributed by atoms with Gasteiger partial charge in [-0.2, -0.15) is 0 Å². The predicted molar refractivity (Wildman–Crippen MR) is 138 cm³/mol. The van der Waals surface area contributed by atoms with Gasteiger partial charge in [0.2, 0.25) is 5.69 Å². The summed E-state index contributed by atoms with van der Waals surface area (Å²) in [7, 11) is 2.08. The normalized spacial score (nSPS) is 11.4. The average Bonchev–Trinajstić information content (AvgIpc) is 3.24. The Hall–Kier alpha value is -4.24. The molecule has 0 spiro atoms. The van der Waals surface area contributed by atoms with E-state index in [1.165, 1.54) is 11.1 Å². The van der Waals surface area contributed by atoms with Gasteiger partial charge in [0.1, 0.15) is 18.2 Å². The number of aromatic nitrogens is 2. The van der Waals surface area contributed by atoms with Crippen LogP contribution in [0.4, 0.5) is 0 Å². The third-order valence-electron chi connectivity index (χ3n) is 6.70. The van der Waals surface area contributed by atoms with E-state index in [-0.39, 0.29) is 0 Å². The first-order valence-electron chi connectivity index (χ1n) is 11.5. The quantitative estimate of drug-likeness (QED) is 0.267. The first kappa shape index (κ1) is 20.4. The molecule has 0 bridgehead atoms. The zero-order valence-electron chi connectivity index (χ0n) is 19.5. The van der Waals surface area contributed by atoms with E-state index in [1.807, 2.05) is 12.1 Å². The van der Waals surface area contributed by atoms with E-state index in [2.05, 4.69) is 111 Å². The lowest BCUT2D eigenvalue weighted by atomic mass is 9.90. The minimum Gasteiger partial charge on any atom is -0.455 e. The van der Waals surface area contributed by atoms with Crippen LogP contribution in [0.3, 0.4) is 0 Å². The number of nitrogens with zero attached hydrogens (tertiary/aromatic N) is 2. The standard InChI is InChI=1S/C31H25N2O/c1-20-15-18-27(32-21(20)2)30-25(16-17-26-24-12-6-7-14-29(24)34-31(26)30)22-10-4-5-11-23(22)28-13-8-9-19-33(28)3/h4-19H,1-3H3/q+1. The largest absolute Gasteiger partial charge is 0.455 e. The zero-order valence-corrected chi connectivity index (χ0v) is 19.5. The van der Waals surface area contributed by atoms with Gasteiger partial charge in [-0.3, -0.25) is 4.98 Å². The summed E-state index contributed by atoms with van der Waals surface area (Å²) in [4.78, 5) is 5.00. The van der Waals surface area contributed by atoms with E-state index < -0.39 is 0 Å². The van der Waals surface area contributed by atoms with Crippen LogP contribution in [0.2, 0.25) is 0 Å². The van der Waals surface area contributed by atoms with Gasteiger partial charge in [-0.05, 0) is 60.9 Å². The number of rotatable bonds is 3. The van der Waals surface area contributed by atoms with E-state index >= 15 is 0 Å². The van der Waals surface area contributed by atoms with Gasteiger partial charge in [0, 0.05) is 28.6 Å². The minimum atomic E-state index is 0.877. The molecule has 0 atom stereocenters. The van der Waals surface area contributed by atoms with Crippen molar-refractivity contribution in [3.63, 3.8) is 0 Å². The van der Waals surface area contributed by atoms with Crippen molar-refractivity contribution in [2.45, 2.75) is 13.8 Å². The van der Waals surface area contributed by atoms with Gasteiger partial charge >= 0.3 is 0 Å². The summed E-state index contributed by atoms with van der Waals surface area (Å²) in [5, 5.41) is 2.23. The van der Waals surface area contributed by atoms with Crippen molar-refractivity contribution < 1.29 is 8.98 Å². The molecule has 0 saturated heterocycles. The highest BCUT2D eigenvalue weighted by molar-refractivity contribution is 6.12. The summed E-state index contributed by atoms with van der Waals surface area (Å²) in [6.45, 7) is 4.16. The van der Waals surface area contributed by atoms with E-state index in [9.17, 15) is 0 Å². The number of hydrogen-bond donors (Lipinski definition) is 0. The summed E-state index contributed by atoms with van der Waals surface area (Å²) >= 11 is 0. The number of fused-ring (bicyclic) bond motifs is 3. The number of hydrogen-bond acceptors (Lipinski definition) is 2. The zero-order chi connectivity index (χ0) is 23.2. The number of benzene rings is 3. The summed E-state index contributed by atoms with van der Waals surface area (Å²) in [6.07, 6.45) is 2.08. The summed E-state index contributed by atoms with van der Waals surface area (Å²) in [5.74, 6) is 0. The first-order valence-corrected chi connectivity index (χ1v) is 11.5. The molecule has 0 N–H and O–H groups in total. The lowest BCUT2D eigenvalue weighted by molar-refractivity contribution is -0.660. The Bertz CT molecular complexity index is 1690. The van der Waals surface area contributed by atoms with Crippen LogP contribution in [0.25, 0.3) is 55.6 Å². The molecule has 0 fully saturated rings. The van der Waals surface area contributed by atoms with Crippen LogP contribution in [0, 0.1) is 13.8 Å². The lowest BCUT2D eigenvalue weighted by Crippen LogP contribution is -2.30. The molecule has 0 aliphatic rings. The van der Waals surface area contributed by atoms with Gasteiger partial charge in [0.05, 0.1) is 16.8 Å². The summed E-state index contributed by atoms with van der Waals surface area (Å²) in [5.41, 5.74) is 10.5. The molecule has 0 unspecified atom stereocenters. The van der Waals surface area contributed by atoms with E-state index in [0.29, 0.717) is 0 Å². The second kappa shape index (κ2) is 7.96. The van der Waals surface area contributed by atoms with Crippen LogP contribution in [0.5, 0.6) is 0 Å². The van der Waals surface area contributed by atoms with E-state index in [4.69, 9.17) is 9.40 Å². The second-order valence-electron chi connectivity index (χ2n) is 8.80. The smallest absolute Gasteiger partial charge is 0.212 e. The molecule has 3 heteroatoms. The molecule has 3 aromatic heterocycles. The minimum absolute atomic E-state index is 0.877. The predicted octanol–water partition coefficient (Wildman–Crippen LogP) is 7.42. The Morgan fingerprint density at radius 3 is 2.26 bits per heavy atom. The fourth-order valence-electron chi connectivity index (χ4n) is 4.78. The van der Waals surface area contributed by atoms with Crippen molar-refractivity contribution in [2.24, 2.45) is 7.05 Å². The van der Waals surface area contributed by atoms with Crippen LogP contribution in [0.15, 0.2) is 102 Å². The Balaban J connectivity index is 1.73. The van der Waals surface area contributed by atoms with Gasteiger partial charge in [0.15, 0.2) is 6.20 Å². The SMILES string of the molecule is Cc1ccc(-c2c(-c3ccccc3-c3cccc[n+]3C)ccc3c2oc2ccccc23)nc1C. The van der Waals surface area contributed by atoms with Crippen LogP contribution in [-0.2, 0) is 7.05 Å².